The molecular weight excluding hydrogens is 340 g/mol. The van der Waals surface area contributed by atoms with Crippen LogP contribution in [0.15, 0.2) is 41.4 Å². The molecule has 0 saturated carbocycles. The topological polar surface area (TPSA) is 50.3 Å². The molecule has 1 aromatic heterocycles. The van der Waals surface area contributed by atoms with Gasteiger partial charge in [-0.3, -0.25) is 4.98 Å². The summed E-state index contributed by atoms with van der Waals surface area (Å²) in [7, 11) is -3.49. The molecule has 0 unspecified atom stereocenters. The third kappa shape index (κ3) is 3.02. The zero-order chi connectivity index (χ0) is 14.6. The van der Waals surface area contributed by atoms with Crippen LogP contribution in [0, 0.1) is 0 Å². The minimum Gasteiger partial charge on any atom is -0.256 e. The van der Waals surface area contributed by atoms with Crippen molar-refractivity contribution in [3.63, 3.8) is 0 Å². The largest absolute Gasteiger partial charge is 0.256 e. The predicted octanol–water partition coefficient (Wildman–Crippen LogP) is 3.03. The van der Waals surface area contributed by atoms with Crippen molar-refractivity contribution in [3.05, 3.63) is 36.5 Å². The Labute approximate surface area is 128 Å². The van der Waals surface area contributed by atoms with Gasteiger partial charge in [0.1, 0.15) is 0 Å². The van der Waals surface area contributed by atoms with E-state index in [9.17, 15) is 8.42 Å². The molecule has 0 saturated heterocycles. The van der Waals surface area contributed by atoms with Crippen LogP contribution in [0.5, 0.6) is 0 Å². The first-order valence-electron chi connectivity index (χ1n) is 6.51. The Kier molecular flexibility index (Phi) is 5.12. The van der Waals surface area contributed by atoms with Gasteiger partial charge in [-0.1, -0.05) is 28.9 Å². The van der Waals surface area contributed by atoms with Crippen LogP contribution in [0.3, 0.4) is 0 Å². The smallest absolute Gasteiger partial charge is 0.243 e. The minimum atomic E-state index is -3.49. The van der Waals surface area contributed by atoms with Gasteiger partial charge in [-0.15, -0.1) is 0 Å². The molecule has 20 heavy (non-hydrogen) atoms. The summed E-state index contributed by atoms with van der Waals surface area (Å²) in [6, 6.07) is 8.77. The Hall–Kier alpha value is -0.980. The summed E-state index contributed by atoms with van der Waals surface area (Å²) in [5, 5.41) is 1.29. The molecule has 6 heteroatoms. The number of hydrogen-bond donors (Lipinski definition) is 0. The maximum atomic E-state index is 12.8. The maximum absolute atomic E-state index is 12.8. The molecule has 108 valence electrons. The molecule has 0 radical (unpaired) electrons. The van der Waals surface area contributed by atoms with E-state index < -0.39 is 10.0 Å². The summed E-state index contributed by atoms with van der Waals surface area (Å²) in [6.07, 6.45) is 2.45. The molecule has 0 aliphatic heterocycles. The normalized spacial score (nSPS) is 12.2. The number of hydrogen-bond acceptors (Lipinski definition) is 3. The van der Waals surface area contributed by atoms with Crippen molar-refractivity contribution >= 4 is 36.9 Å². The van der Waals surface area contributed by atoms with Gasteiger partial charge in [0.25, 0.3) is 0 Å². The number of fused-ring (bicyclic) bond motifs is 1. The lowest BCUT2D eigenvalue weighted by molar-refractivity contribution is 0.431. The molecule has 4 nitrogen and oxygen atoms in total. The van der Waals surface area contributed by atoms with Gasteiger partial charge in [0, 0.05) is 30.0 Å². The molecule has 2 rings (SSSR count). The average molecular weight is 357 g/mol. The van der Waals surface area contributed by atoms with Gasteiger partial charge in [-0.2, -0.15) is 4.31 Å². The third-order valence-corrected chi connectivity index (χ3v) is 5.34. The van der Waals surface area contributed by atoms with Crippen molar-refractivity contribution in [2.75, 3.05) is 18.4 Å². The van der Waals surface area contributed by atoms with E-state index in [4.69, 9.17) is 0 Å². The van der Waals surface area contributed by atoms with Gasteiger partial charge in [-0.05, 0) is 30.7 Å². The van der Waals surface area contributed by atoms with Crippen molar-refractivity contribution < 1.29 is 8.42 Å². The second-order valence-corrected chi connectivity index (χ2v) is 7.12. The Morgan fingerprint density at radius 3 is 2.70 bits per heavy atom. The van der Waals surface area contributed by atoms with E-state index in [0.29, 0.717) is 34.2 Å². The molecule has 0 fully saturated rings. The summed E-state index contributed by atoms with van der Waals surface area (Å²) >= 11 is 3.32. The zero-order valence-electron chi connectivity index (χ0n) is 11.3. The Morgan fingerprint density at radius 2 is 2.00 bits per heavy atom. The van der Waals surface area contributed by atoms with E-state index in [1.165, 1.54) is 4.31 Å². The Morgan fingerprint density at radius 1 is 1.20 bits per heavy atom. The number of sulfonamides is 1. The predicted molar refractivity (Wildman–Crippen MR) is 84.6 cm³/mol. The molecule has 2 aromatic rings. The summed E-state index contributed by atoms with van der Waals surface area (Å²) < 4.78 is 27.1. The number of benzene rings is 1. The lowest BCUT2D eigenvalue weighted by Gasteiger charge is -2.21. The Balaban J connectivity index is 2.56. The Bertz CT molecular complexity index is 677. The first kappa shape index (κ1) is 15.4. The van der Waals surface area contributed by atoms with Crippen LogP contribution in [0.4, 0.5) is 0 Å². The quantitative estimate of drug-likeness (QED) is 0.747. The van der Waals surface area contributed by atoms with Gasteiger partial charge in [0.15, 0.2) is 0 Å². The maximum Gasteiger partial charge on any atom is 0.243 e. The number of halogens is 1. The van der Waals surface area contributed by atoms with Crippen LogP contribution in [0.2, 0.25) is 0 Å². The molecule has 1 aromatic carbocycles. The molecule has 0 spiro atoms. The highest BCUT2D eigenvalue weighted by Crippen LogP contribution is 2.24. The van der Waals surface area contributed by atoms with E-state index in [1.54, 1.807) is 30.5 Å². The molecule has 0 aliphatic rings. The fourth-order valence-corrected chi connectivity index (χ4v) is 4.53. The van der Waals surface area contributed by atoms with E-state index >= 15 is 0 Å². The van der Waals surface area contributed by atoms with Gasteiger partial charge in [-0.25, -0.2) is 8.42 Å². The lowest BCUT2D eigenvalue weighted by Crippen LogP contribution is -2.33. The summed E-state index contributed by atoms with van der Waals surface area (Å²) in [5.41, 5.74) is 0.698. The summed E-state index contributed by atoms with van der Waals surface area (Å²) in [4.78, 5) is 4.55. The molecule has 0 N–H and O–H groups in total. The van der Waals surface area contributed by atoms with E-state index in [1.807, 2.05) is 13.0 Å². The highest BCUT2D eigenvalue weighted by Gasteiger charge is 2.25. The molecule has 0 aliphatic carbocycles. The van der Waals surface area contributed by atoms with Crippen molar-refractivity contribution in [2.45, 2.75) is 18.2 Å². The SMILES string of the molecule is CCCN(CCBr)S(=O)(=O)c1cccc2ncccc12. The molecule has 0 amide bonds. The van der Waals surface area contributed by atoms with Crippen LogP contribution in [0.25, 0.3) is 10.9 Å². The number of rotatable bonds is 6. The van der Waals surface area contributed by atoms with Crippen LogP contribution in [-0.2, 0) is 10.0 Å². The van der Waals surface area contributed by atoms with E-state index in [0.717, 1.165) is 6.42 Å². The molecule has 0 bridgehead atoms. The third-order valence-electron chi connectivity index (χ3n) is 3.03. The van der Waals surface area contributed by atoms with Gasteiger partial charge >= 0.3 is 0 Å². The van der Waals surface area contributed by atoms with Gasteiger partial charge in [0.05, 0.1) is 10.4 Å². The number of alkyl halides is 1. The first-order valence-corrected chi connectivity index (χ1v) is 9.07. The van der Waals surface area contributed by atoms with E-state index in [-0.39, 0.29) is 0 Å². The molecule has 1 heterocycles. The van der Waals surface area contributed by atoms with E-state index in [2.05, 4.69) is 20.9 Å². The summed E-state index contributed by atoms with van der Waals surface area (Å²) in [6.45, 7) is 2.96. The second-order valence-electron chi connectivity index (χ2n) is 4.42. The first-order chi connectivity index (χ1) is 9.61. The standard InChI is InChI=1S/C14H17BrN2O2S/c1-2-10-17(11-8-15)20(18,19)14-7-3-6-13-12(14)5-4-9-16-13/h3-7,9H,2,8,10-11H2,1H3. The monoisotopic (exact) mass is 356 g/mol. The fourth-order valence-electron chi connectivity index (χ4n) is 2.13. The second kappa shape index (κ2) is 6.65. The van der Waals surface area contributed by atoms with Gasteiger partial charge in [0.2, 0.25) is 10.0 Å². The number of aromatic nitrogens is 1. The lowest BCUT2D eigenvalue weighted by atomic mass is 10.2. The fraction of sp³-hybridized carbons (Fsp3) is 0.357. The van der Waals surface area contributed by atoms with Crippen LogP contribution in [0.1, 0.15) is 13.3 Å². The van der Waals surface area contributed by atoms with Crippen molar-refractivity contribution in [1.29, 1.82) is 0 Å². The van der Waals surface area contributed by atoms with Crippen LogP contribution < -0.4 is 0 Å². The zero-order valence-corrected chi connectivity index (χ0v) is 13.7. The van der Waals surface area contributed by atoms with Crippen molar-refractivity contribution in [1.82, 2.24) is 9.29 Å². The van der Waals surface area contributed by atoms with Crippen LogP contribution >= 0.6 is 15.9 Å². The van der Waals surface area contributed by atoms with Gasteiger partial charge < -0.3 is 0 Å². The number of pyridine rings is 1. The summed E-state index contributed by atoms with van der Waals surface area (Å²) in [5.74, 6) is 0. The number of nitrogens with zero attached hydrogens (tertiary/aromatic N) is 2. The highest BCUT2D eigenvalue weighted by molar-refractivity contribution is 9.09. The van der Waals surface area contributed by atoms with Crippen molar-refractivity contribution in [2.24, 2.45) is 0 Å². The van der Waals surface area contributed by atoms with Crippen LogP contribution in [-0.4, -0.2) is 36.1 Å². The average Bonchev–Trinajstić information content (AvgIpc) is 2.46. The minimum absolute atomic E-state index is 0.331. The molecular formula is C14H17BrN2O2S. The van der Waals surface area contributed by atoms with Crippen molar-refractivity contribution in [3.8, 4) is 0 Å². The highest BCUT2D eigenvalue weighted by atomic mass is 79.9. The molecule has 0 atom stereocenters.